The largest absolute Gasteiger partial charge is 0.455 e. The lowest BCUT2D eigenvalue weighted by molar-refractivity contribution is 0.425. The number of benzene rings is 4. The number of rotatable bonds is 6. The lowest BCUT2D eigenvalue weighted by Crippen LogP contribution is -2.31. The molecule has 1 aliphatic heterocycles. The average molecular weight is 539 g/mol. The minimum absolute atomic E-state index is 0.142. The van der Waals surface area contributed by atoms with Gasteiger partial charge in [-0.05, 0) is 62.7 Å². The summed E-state index contributed by atoms with van der Waals surface area (Å²) in [6.07, 6.45) is 0. The van der Waals surface area contributed by atoms with Gasteiger partial charge < -0.3 is 4.74 Å². The highest BCUT2D eigenvalue weighted by Crippen LogP contribution is 2.51. The molecule has 0 saturated carbocycles. The Bertz CT molecular complexity index is 1360. The van der Waals surface area contributed by atoms with E-state index in [1.54, 1.807) is 0 Å². The lowest BCUT2D eigenvalue weighted by atomic mass is 9.76. The molecule has 196 valence electrons. The van der Waals surface area contributed by atoms with Gasteiger partial charge in [-0.15, -0.1) is 0 Å². The predicted molar refractivity (Wildman–Crippen MR) is 170 cm³/mol. The van der Waals surface area contributed by atoms with Crippen LogP contribution in [0.3, 0.4) is 0 Å². The molecular formula is C35H40OP2. The molecule has 0 bridgehead atoms. The summed E-state index contributed by atoms with van der Waals surface area (Å²) in [6, 6.07) is 31.6. The Hall–Kier alpha value is -2.46. The van der Waals surface area contributed by atoms with Crippen LogP contribution in [0.1, 0.15) is 75.6 Å². The standard InChI is InChI=1S/C35H40OP2/c1-23(2)25-15-9-11-19-29(25)37(7)31-21-13-17-27-33(31)36-34-28(35(27,5)6)18-14-22-32(34)38(8)30-20-12-10-16-26(30)24(3)4/h9-24H,1-8H3/t37-,38?/m1/s1. The molecular weight excluding hydrogens is 498 g/mol. The monoisotopic (exact) mass is 538 g/mol. The summed E-state index contributed by atoms with van der Waals surface area (Å²) < 4.78 is 7.09. The van der Waals surface area contributed by atoms with E-state index < -0.39 is 15.8 Å². The van der Waals surface area contributed by atoms with Crippen LogP contribution < -0.4 is 26.0 Å². The zero-order valence-corrected chi connectivity index (χ0v) is 25.8. The summed E-state index contributed by atoms with van der Waals surface area (Å²) in [7, 11) is -1.14. The minimum Gasteiger partial charge on any atom is -0.455 e. The van der Waals surface area contributed by atoms with Crippen LogP contribution in [0.5, 0.6) is 11.5 Å². The molecule has 4 aromatic carbocycles. The van der Waals surface area contributed by atoms with E-state index in [-0.39, 0.29) is 5.41 Å². The zero-order chi connectivity index (χ0) is 27.2. The average Bonchev–Trinajstić information content (AvgIpc) is 2.92. The van der Waals surface area contributed by atoms with Crippen LogP contribution in [0.4, 0.5) is 0 Å². The third-order valence-corrected chi connectivity index (χ3v) is 12.5. The molecule has 0 aliphatic carbocycles. The van der Waals surface area contributed by atoms with Crippen molar-refractivity contribution in [2.75, 3.05) is 13.3 Å². The summed E-state index contributed by atoms with van der Waals surface area (Å²) in [4.78, 5) is 0. The first-order valence-electron chi connectivity index (χ1n) is 13.7. The summed E-state index contributed by atoms with van der Waals surface area (Å²) in [5.74, 6) is 3.13. The Labute approximate surface area is 232 Å². The molecule has 1 heterocycles. The van der Waals surface area contributed by atoms with E-state index in [2.05, 4.69) is 140 Å². The highest BCUT2D eigenvalue weighted by Gasteiger charge is 2.38. The summed E-state index contributed by atoms with van der Waals surface area (Å²) in [5, 5.41) is 5.58. The number of fused-ring (bicyclic) bond motifs is 2. The summed E-state index contributed by atoms with van der Waals surface area (Å²) in [6.45, 7) is 18.7. The van der Waals surface area contributed by atoms with Gasteiger partial charge in [0, 0.05) is 27.2 Å². The maximum absolute atomic E-state index is 7.09. The Morgan fingerprint density at radius 2 is 0.895 bits per heavy atom. The summed E-state index contributed by atoms with van der Waals surface area (Å²) in [5.41, 5.74) is 5.32. The van der Waals surface area contributed by atoms with Crippen LogP contribution in [0, 0.1) is 0 Å². The molecule has 0 aromatic heterocycles. The molecule has 5 rings (SSSR count). The number of ether oxygens (including phenoxy) is 1. The number of hydrogen-bond acceptors (Lipinski definition) is 1. The van der Waals surface area contributed by atoms with Gasteiger partial charge in [-0.3, -0.25) is 0 Å². The van der Waals surface area contributed by atoms with Crippen molar-refractivity contribution < 1.29 is 4.74 Å². The predicted octanol–water partition coefficient (Wildman–Crippen LogP) is 8.49. The van der Waals surface area contributed by atoms with Crippen molar-refractivity contribution in [1.29, 1.82) is 0 Å². The molecule has 0 spiro atoms. The first kappa shape index (κ1) is 27.1. The lowest BCUT2D eigenvalue weighted by Gasteiger charge is -2.38. The third-order valence-electron chi connectivity index (χ3n) is 8.10. The van der Waals surface area contributed by atoms with Gasteiger partial charge in [0.2, 0.25) is 0 Å². The van der Waals surface area contributed by atoms with Crippen molar-refractivity contribution >= 4 is 37.1 Å². The fourth-order valence-corrected chi connectivity index (χ4v) is 9.99. The second kappa shape index (κ2) is 10.6. The second-order valence-electron chi connectivity index (χ2n) is 11.6. The van der Waals surface area contributed by atoms with E-state index in [9.17, 15) is 0 Å². The highest BCUT2D eigenvalue weighted by atomic mass is 31.1. The molecule has 0 fully saturated rings. The molecule has 3 heteroatoms. The van der Waals surface area contributed by atoms with Gasteiger partial charge in [0.1, 0.15) is 11.5 Å². The SMILES string of the molecule is CC(C)c1ccccc1P(C)c1cccc2c1Oc1c([P@](C)c3ccccc3C(C)C)cccc1C2(C)C. The quantitative estimate of drug-likeness (QED) is 0.224. The topological polar surface area (TPSA) is 9.23 Å². The van der Waals surface area contributed by atoms with E-state index in [4.69, 9.17) is 4.74 Å². The van der Waals surface area contributed by atoms with Crippen LogP contribution in [0.15, 0.2) is 84.9 Å². The second-order valence-corrected chi connectivity index (χ2v) is 15.7. The molecule has 1 unspecified atom stereocenters. The highest BCUT2D eigenvalue weighted by molar-refractivity contribution is 7.73. The van der Waals surface area contributed by atoms with Crippen molar-refractivity contribution in [1.82, 2.24) is 0 Å². The molecule has 0 saturated heterocycles. The fourth-order valence-electron chi connectivity index (χ4n) is 5.85. The van der Waals surface area contributed by atoms with Gasteiger partial charge in [-0.25, -0.2) is 0 Å². The fraction of sp³-hybridized carbons (Fsp3) is 0.314. The molecule has 4 aromatic rings. The first-order valence-corrected chi connectivity index (χ1v) is 17.3. The molecule has 38 heavy (non-hydrogen) atoms. The van der Waals surface area contributed by atoms with E-state index in [1.807, 2.05) is 0 Å². The molecule has 0 N–H and O–H groups in total. The Balaban J connectivity index is 1.66. The minimum atomic E-state index is -0.572. The van der Waals surface area contributed by atoms with Crippen LogP contribution in [0.25, 0.3) is 0 Å². The van der Waals surface area contributed by atoms with Crippen molar-refractivity contribution in [2.24, 2.45) is 0 Å². The van der Waals surface area contributed by atoms with Crippen molar-refractivity contribution in [3.05, 3.63) is 107 Å². The van der Waals surface area contributed by atoms with E-state index >= 15 is 0 Å². The molecule has 1 aliphatic rings. The van der Waals surface area contributed by atoms with Crippen molar-refractivity contribution in [3.8, 4) is 11.5 Å². The molecule has 0 amide bonds. The van der Waals surface area contributed by atoms with Crippen molar-refractivity contribution in [3.63, 3.8) is 0 Å². The van der Waals surface area contributed by atoms with Gasteiger partial charge in [-0.1, -0.05) is 126 Å². The first-order chi connectivity index (χ1) is 18.1. The maximum Gasteiger partial charge on any atom is 0.139 e. The zero-order valence-electron chi connectivity index (χ0n) is 24.0. The Morgan fingerprint density at radius 1 is 0.526 bits per heavy atom. The van der Waals surface area contributed by atoms with E-state index in [1.165, 1.54) is 43.5 Å². The molecule has 1 nitrogen and oxygen atoms in total. The normalized spacial score (nSPS) is 15.5. The van der Waals surface area contributed by atoms with Crippen LogP contribution in [0.2, 0.25) is 0 Å². The van der Waals surface area contributed by atoms with Crippen LogP contribution >= 0.6 is 15.8 Å². The number of hydrogen-bond donors (Lipinski definition) is 0. The van der Waals surface area contributed by atoms with Gasteiger partial charge >= 0.3 is 0 Å². The van der Waals surface area contributed by atoms with Gasteiger partial charge in [0.05, 0.1) is 0 Å². The smallest absolute Gasteiger partial charge is 0.139 e. The molecule has 0 radical (unpaired) electrons. The number of para-hydroxylation sites is 2. The van der Waals surface area contributed by atoms with E-state index in [0.717, 1.165) is 11.5 Å². The van der Waals surface area contributed by atoms with Crippen molar-refractivity contribution in [2.45, 2.75) is 58.8 Å². The Kier molecular flexibility index (Phi) is 7.57. The maximum atomic E-state index is 7.09. The Morgan fingerprint density at radius 3 is 1.29 bits per heavy atom. The molecule has 2 atom stereocenters. The van der Waals surface area contributed by atoms with Gasteiger partial charge in [0.25, 0.3) is 0 Å². The van der Waals surface area contributed by atoms with Crippen LogP contribution in [-0.2, 0) is 5.41 Å². The van der Waals surface area contributed by atoms with Gasteiger partial charge in [0.15, 0.2) is 0 Å². The third kappa shape index (κ3) is 4.63. The van der Waals surface area contributed by atoms with E-state index in [0.29, 0.717) is 11.8 Å². The van der Waals surface area contributed by atoms with Crippen LogP contribution in [-0.4, -0.2) is 13.3 Å². The van der Waals surface area contributed by atoms with Gasteiger partial charge in [-0.2, -0.15) is 0 Å². The summed E-state index contributed by atoms with van der Waals surface area (Å²) >= 11 is 0.